The minimum Gasteiger partial charge on any atom is -0.259 e. The van der Waals surface area contributed by atoms with Crippen LogP contribution in [0.2, 0.25) is 0 Å². The number of allylic oxidation sites excluding steroid dienone is 1. The Balaban J connectivity index is 3.08. The normalized spacial score (nSPS) is 11.9. The molecule has 0 spiro atoms. The molecule has 5 heteroatoms. The highest BCUT2D eigenvalue weighted by atomic mass is 79.9. The van der Waals surface area contributed by atoms with Gasteiger partial charge in [0.2, 0.25) is 5.70 Å². The maximum Gasteiger partial charge on any atom is 0.247 e. The van der Waals surface area contributed by atoms with Gasteiger partial charge in [-0.2, -0.15) is 0 Å². The molecule has 0 radical (unpaired) electrons. The zero-order chi connectivity index (χ0) is 13.0. The molecular formula is C12H13BrFNO2. The van der Waals surface area contributed by atoms with Gasteiger partial charge in [0.1, 0.15) is 5.82 Å². The van der Waals surface area contributed by atoms with Crippen molar-refractivity contribution in [3.05, 3.63) is 49.9 Å². The number of nitro groups is 1. The van der Waals surface area contributed by atoms with E-state index >= 15 is 0 Å². The number of hydrogen-bond donors (Lipinski definition) is 0. The molecule has 0 fully saturated rings. The fourth-order valence-electron chi connectivity index (χ4n) is 1.40. The predicted molar refractivity (Wildman–Crippen MR) is 68.5 cm³/mol. The van der Waals surface area contributed by atoms with Crippen molar-refractivity contribution in [1.29, 1.82) is 0 Å². The molecule has 0 amide bonds. The number of hydrogen-bond acceptors (Lipinski definition) is 2. The van der Waals surface area contributed by atoms with E-state index < -0.39 is 4.92 Å². The summed E-state index contributed by atoms with van der Waals surface area (Å²) < 4.78 is 13.4. The van der Waals surface area contributed by atoms with Crippen LogP contribution >= 0.6 is 15.9 Å². The maximum absolute atomic E-state index is 12.9. The fourth-order valence-corrected chi connectivity index (χ4v) is 1.87. The minimum absolute atomic E-state index is 0.132. The Bertz CT molecular complexity index is 458. The van der Waals surface area contributed by atoms with Crippen LogP contribution in [0.3, 0.4) is 0 Å². The molecule has 0 bridgehead atoms. The first kappa shape index (κ1) is 13.8. The topological polar surface area (TPSA) is 43.1 Å². The van der Waals surface area contributed by atoms with Gasteiger partial charge >= 0.3 is 0 Å². The van der Waals surface area contributed by atoms with Crippen LogP contribution in [0, 0.1) is 21.8 Å². The number of halogens is 2. The van der Waals surface area contributed by atoms with Crippen LogP contribution in [-0.2, 0) is 0 Å². The van der Waals surface area contributed by atoms with E-state index in [1.165, 1.54) is 24.3 Å². The van der Waals surface area contributed by atoms with E-state index in [2.05, 4.69) is 15.9 Å². The van der Waals surface area contributed by atoms with Gasteiger partial charge in [-0.15, -0.1) is 0 Å². The number of rotatable bonds is 4. The third-order valence-electron chi connectivity index (χ3n) is 2.14. The van der Waals surface area contributed by atoms with E-state index in [-0.39, 0.29) is 17.4 Å². The lowest BCUT2D eigenvalue weighted by atomic mass is 10.1. The summed E-state index contributed by atoms with van der Waals surface area (Å²) in [4.78, 5) is 10.5. The predicted octanol–water partition coefficient (Wildman–Crippen LogP) is 4.25. The van der Waals surface area contributed by atoms with Gasteiger partial charge in [-0.1, -0.05) is 35.8 Å². The first-order chi connectivity index (χ1) is 7.90. The van der Waals surface area contributed by atoms with Crippen LogP contribution in [-0.4, -0.2) is 4.92 Å². The van der Waals surface area contributed by atoms with Gasteiger partial charge in [0.25, 0.3) is 0 Å². The van der Waals surface area contributed by atoms with Crippen LogP contribution in [0.5, 0.6) is 0 Å². The van der Waals surface area contributed by atoms with Crippen molar-refractivity contribution in [2.45, 2.75) is 20.3 Å². The van der Waals surface area contributed by atoms with E-state index in [9.17, 15) is 14.5 Å². The Morgan fingerprint density at radius 1 is 1.59 bits per heavy atom. The molecule has 0 aliphatic heterocycles. The molecule has 0 unspecified atom stereocenters. The highest BCUT2D eigenvalue weighted by Gasteiger charge is 2.14. The quantitative estimate of drug-likeness (QED) is 0.616. The van der Waals surface area contributed by atoms with Gasteiger partial charge in [-0.3, -0.25) is 10.1 Å². The molecule has 92 valence electrons. The second-order valence-corrected chi connectivity index (χ2v) is 5.01. The van der Waals surface area contributed by atoms with Crippen molar-refractivity contribution in [3.8, 4) is 0 Å². The molecule has 0 heterocycles. The van der Waals surface area contributed by atoms with Crippen molar-refractivity contribution < 1.29 is 9.31 Å². The molecule has 1 aromatic carbocycles. The van der Waals surface area contributed by atoms with Gasteiger partial charge in [0.15, 0.2) is 0 Å². The largest absolute Gasteiger partial charge is 0.259 e. The average molecular weight is 302 g/mol. The summed E-state index contributed by atoms with van der Waals surface area (Å²) in [6.45, 7) is 3.83. The third-order valence-corrected chi connectivity index (χ3v) is 2.82. The van der Waals surface area contributed by atoms with Crippen molar-refractivity contribution in [1.82, 2.24) is 0 Å². The third kappa shape index (κ3) is 4.26. The standard InChI is InChI=1S/C12H13BrFNO2/c1-8(2)5-11(15(16)17)6-9-3-4-10(14)7-12(9)13/h3-4,6-8H,5H2,1-2H3/b11-6-. The van der Waals surface area contributed by atoms with E-state index in [1.54, 1.807) is 0 Å². The zero-order valence-electron chi connectivity index (χ0n) is 9.61. The maximum atomic E-state index is 12.9. The molecule has 1 aromatic rings. The average Bonchev–Trinajstić information content (AvgIpc) is 2.19. The SMILES string of the molecule is CC(C)C/C(=C/c1ccc(F)cc1Br)[N+](=O)[O-]. The van der Waals surface area contributed by atoms with Crippen molar-refractivity contribution in [2.75, 3.05) is 0 Å². The minimum atomic E-state index is -0.393. The van der Waals surface area contributed by atoms with E-state index in [1.807, 2.05) is 13.8 Å². The molecule has 0 aliphatic carbocycles. The summed E-state index contributed by atoms with van der Waals surface area (Å²) in [6.07, 6.45) is 1.86. The lowest BCUT2D eigenvalue weighted by Crippen LogP contribution is -2.02. The monoisotopic (exact) mass is 301 g/mol. The molecule has 0 saturated carbocycles. The molecule has 1 rings (SSSR count). The molecule has 3 nitrogen and oxygen atoms in total. The van der Waals surface area contributed by atoms with Crippen molar-refractivity contribution in [2.24, 2.45) is 5.92 Å². The number of benzene rings is 1. The Morgan fingerprint density at radius 2 is 2.24 bits per heavy atom. The zero-order valence-corrected chi connectivity index (χ0v) is 11.2. The Labute approximate surface area is 108 Å². The molecule has 0 atom stereocenters. The summed E-state index contributed by atoms with van der Waals surface area (Å²) in [6, 6.07) is 4.09. The summed E-state index contributed by atoms with van der Waals surface area (Å²) in [5.74, 6) is -0.175. The van der Waals surface area contributed by atoms with Gasteiger partial charge in [-0.25, -0.2) is 4.39 Å². The fraction of sp³-hybridized carbons (Fsp3) is 0.333. The van der Waals surface area contributed by atoms with Crippen molar-refractivity contribution in [3.63, 3.8) is 0 Å². The Morgan fingerprint density at radius 3 is 2.71 bits per heavy atom. The highest BCUT2D eigenvalue weighted by molar-refractivity contribution is 9.10. The lowest BCUT2D eigenvalue weighted by Gasteiger charge is -2.03. The second-order valence-electron chi connectivity index (χ2n) is 4.16. The number of nitrogens with zero attached hydrogens (tertiary/aromatic N) is 1. The molecule has 17 heavy (non-hydrogen) atoms. The first-order valence-electron chi connectivity index (χ1n) is 5.20. The van der Waals surface area contributed by atoms with Crippen LogP contribution in [0.1, 0.15) is 25.8 Å². The molecule has 0 N–H and O–H groups in total. The first-order valence-corrected chi connectivity index (χ1v) is 5.99. The van der Waals surface area contributed by atoms with Gasteiger partial charge in [-0.05, 0) is 23.6 Å². The lowest BCUT2D eigenvalue weighted by molar-refractivity contribution is -0.427. The van der Waals surface area contributed by atoms with Crippen molar-refractivity contribution >= 4 is 22.0 Å². The van der Waals surface area contributed by atoms with Crippen LogP contribution < -0.4 is 0 Å². The molecule has 0 aliphatic rings. The van der Waals surface area contributed by atoms with Gasteiger partial charge in [0, 0.05) is 17.0 Å². The van der Waals surface area contributed by atoms with E-state index in [0.717, 1.165) is 0 Å². The van der Waals surface area contributed by atoms with Gasteiger partial charge < -0.3 is 0 Å². The van der Waals surface area contributed by atoms with Gasteiger partial charge in [0.05, 0.1) is 4.92 Å². The van der Waals surface area contributed by atoms with Crippen LogP contribution in [0.4, 0.5) is 4.39 Å². The van der Waals surface area contributed by atoms with Crippen LogP contribution in [0.25, 0.3) is 6.08 Å². The summed E-state index contributed by atoms with van der Waals surface area (Å²) in [7, 11) is 0. The summed E-state index contributed by atoms with van der Waals surface area (Å²) >= 11 is 3.18. The summed E-state index contributed by atoms with van der Waals surface area (Å²) in [5, 5.41) is 10.9. The van der Waals surface area contributed by atoms with Crippen LogP contribution in [0.15, 0.2) is 28.4 Å². The highest BCUT2D eigenvalue weighted by Crippen LogP contribution is 2.23. The summed E-state index contributed by atoms with van der Waals surface area (Å²) in [5.41, 5.74) is 0.742. The molecular weight excluding hydrogens is 289 g/mol. The molecule has 0 aromatic heterocycles. The second kappa shape index (κ2) is 5.91. The smallest absolute Gasteiger partial charge is 0.247 e. The molecule has 0 saturated heterocycles. The van der Waals surface area contributed by atoms with E-state index in [0.29, 0.717) is 16.5 Å². The van der Waals surface area contributed by atoms with E-state index in [4.69, 9.17) is 0 Å². The Hall–Kier alpha value is -1.23. The Kier molecular flexibility index (Phi) is 4.81.